The molecule has 1 aromatic heterocycles. The molecule has 0 fully saturated rings. The maximum Gasteiger partial charge on any atom is 0.277 e. The predicted molar refractivity (Wildman–Crippen MR) is 76.5 cm³/mol. The largest absolute Gasteiger partial charge is 0.415 e. The van der Waals surface area contributed by atoms with Crippen molar-refractivity contribution in [1.29, 1.82) is 0 Å². The van der Waals surface area contributed by atoms with Crippen molar-refractivity contribution in [2.75, 3.05) is 11.1 Å². The van der Waals surface area contributed by atoms with Gasteiger partial charge in [0.15, 0.2) is 0 Å². The Balaban J connectivity index is 1.94. The predicted octanol–water partition coefficient (Wildman–Crippen LogP) is 0.358. The Morgan fingerprint density at radius 1 is 1.29 bits per heavy atom. The fraction of sp³-hybridized carbons (Fsp3) is 0.167. The number of thioether (sulfide) groups is 1. The number of amides is 2. The number of nitrogens with one attached hydrogen (secondary N) is 1. The van der Waals surface area contributed by atoms with Gasteiger partial charge in [-0.1, -0.05) is 23.9 Å². The van der Waals surface area contributed by atoms with Gasteiger partial charge in [0.1, 0.15) is 0 Å². The maximum absolute atomic E-state index is 11.8. The van der Waals surface area contributed by atoms with Crippen molar-refractivity contribution in [3.8, 4) is 0 Å². The van der Waals surface area contributed by atoms with Crippen LogP contribution in [0.1, 0.15) is 16.2 Å². The highest BCUT2D eigenvalue weighted by Crippen LogP contribution is 2.18. The van der Waals surface area contributed by atoms with E-state index in [1.165, 1.54) is 6.07 Å². The maximum atomic E-state index is 11.8. The molecule has 0 saturated carbocycles. The number of benzene rings is 1. The van der Waals surface area contributed by atoms with Crippen molar-refractivity contribution in [1.82, 2.24) is 10.2 Å². The molecule has 5 N–H and O–H groups in total. The summed E-state index contributed by atoms with van der Waals surface area (Å²) < 4.78 is 5.16. The smallest absolute Gasteiger partial charge is 0.277 e. The zero-order valence-electron chi connectivity index (χ0n) is 10.9. The van der Waals surface area contributed by atoms with Crippen molar-refractivity contribution in [2.45, 2.75) is 11.8 Å². The van der Waals surface area contributed by atoms with Crippen LogP contribution < -0.4 is 16.8 Å². The van der Waals surface area contributed by atoms with E-state index in [1.54, 1.807) is 18.2 Å². The Bertz CT molecular complexity index is 658. The Morgan fingerprint density at radius 2 is 2.05 bits per heavy atom. The summed E-state index contributed by atoms with van der Waals surface area (Å²) in [5.41, 5.74) is 11.2. The number of rotatable bonds is 6. The number of hydrogen-bond acceptors (Lipinski definition) is 7. The zero-order chi connectivity index (χ0) is 15.2. The van der Waals surface area contributed by atoms with Gasteiger partial charge in [-0.2, -0.15) is 0 Å². The first-order valence-corrected chi connectivity index (χ1v) is 6.92. The average Bonchev–Trinajstić information content (AvgIpc) is 2.93. The average molecular weight is 307 g/mol. The van der Waals surface area contributed by atoms with Crippen molar-refractivity contribution >= 4 is 29.3 Å². The minimum Gasteiger partial charge on any atom is -0.415 e. The highest BCUT2D eigenvalue weighted by Gasteiger charge is 2.12. The molecule has 0 bridgehead atoms. The molecule has 8 nitrogen and oxygen atoms in total. The number of anilines is 1. The van der Waals surface area contributed by atoms with Crippen LogP contribution in [0.15, 0.2) is 33.9 Å². The molecule has 1 aromatic carbocycles. The second-order valence-corrected chi connectivity index (χ2v) is 4.84. The van der Waals surface area contributed by atoms with E-state index in [-0.39, 0.29) is 29.0 Å². The van der Waals surface area contributed by atoms with Gasteiger partial charge in [0.25, 0.3) is 11.1 Å². The monoisotopic (exact) mass is 307 g/mol. The van der Waals surface area contributed by atoms with Gasteiger partial charge in [-0.3, -0.25) is 9.59 Å². The highest BCUT2D eigenvalue weighted by atomic mass is 32.2. The lowest BCUT2D eigenvalue weighted by molar-refractivity contribution is -0.113. The van der Waals surface area contributed by atoms with Gasteiger partial charge < -0.3 is 21.2 Å². The molecule has 21 heavy (non-hydrogen) atoms. The van der Waals surface area contributed by atoms with Gasteiger partial charge >= 0.3 is 0 Å². The first-order chi connectivity index (χ1) is 10.1. The number of hydrogen-bond donors (Lipinski definition) is 3. The summed E-state index contributed by atoms with van der Waals surface area (Å²) in [4.78, 5) is 23.1. The van der Waals surface area contributed by atoms with Gasteiger partial charge in [0.05, 0.1) is 23.5 Å². The molecule has 0 radical (unpaired) electrons. The number of aromatic nitrogens is 2. The molecule has 2 amide bonds. The van der Waals surface area contributed by atoms with Crippen molar-refractivity contribution in [3.63, 3.8) is 0 Å². The van der Waals surface area contributed by atoms with E-state index in [0.29, 0.717) is 11.6 Å². The quantitative estimate of drug-likeness (QED) is 0.655. The number of nitrogens with zero attached hydrogens (tertiary/aromatic N) is 2. The summed E-state index contributed by atoms with van der Waals surface area (Å²) in [6, 6.07) is 6.50. The number of nitrogens with two attached hydrogens (primary N) is 2. The number of para-hydroxylation sites is 1. The summed E-state index contributed by atoms with van der Waals surface area (Å²) in [6.07, 6.45) is 0. The van der Waals surface area contributed by atoms with Crippen LogP contribution in [0.5, 0.6) is 0 Å². The molecule has 0 aliphatic carbocycles. The van der Waals surface area contributed by atoms with Crippen LogP contribution in [0.3, 0.4) is 0 Å². The molecule has 2 rings (SSSR count). The molecule has 0 spiro atoms. The summed E-state index contributed by atoms with van der Waals surface area (Å²) in [7, 11) is 0. The minimum atomic E-state index is -0.608. The minimum absolute atomic E-state index is 0.0549. The van der Waals surface area contributed by atoms with E-state index in [0.717, 1.165) is 11.8 Å². The summed E-state index contributed by atoms with van der Waals surface area (Å²) in [6.45, 7) is 0.145. The van der Waals surface area contributed by atoms with Gasteiger partial charge in [-0.05, 0) is 12.1 Å². The van der Waals surface area contributed by atoms with Crippen molar-refractivity contribution in [2.24, 2.45) is 11.5 Å². The molecule has 9 heteroatoms. The van der Waals surface area contributed by atoms with Crippen LogP contribution in [0.4, 0.5) is 5.69 Å². The van der Waals surface area contributed by atoms with Crippen molar-refractivity contribution in [3.05, 3.63) is 35.7 Å². The summed E-state index contributed by atoms with van der Waals surface area (Å²) >= 11 is 1.07. The molecule has 0 aliphatic rings. The Hall–Kier alpha value is -2.39. The first kappa shape index (κ1) is 15.0. The Labute approximate surface area is 124 Å². The fourth-order valence-electron chi connectivity index (χ4n) is 1.50. The van der Waals surface area contributed by atoms with Crippen LogP contribution in [0.2, 0.25) is 0 Å². The lowest BCUT2D eigenvalue weighted by Gasteiger charge is -2.07. The second kappa shape index (κ2) is 6.86. The van der Waals surface area contributed by atoms with Crippen LogP contribution >= 0.6 is 11.8 Å². The topological polar surface area (TPSA) is 137 Å². The molecular formula is C12H13N5O3S. The third-order valence-corrected chi connectivity index (χ3v) is 3.23. The van der Waals surface area contributed by atoms with E-state index in [1.807, 2.05) is 0 Å². The van der Waals surface area contributed by atoms with E-state index in [9.17, 15) is 9.59 Å². The molecule has 0 unspecified atom stereocenters. The lowest BCUT2D eigenvalue weighted by Crippen LogP contribution is -2.19. The van der Waals surface area contributed by atoms with Crippen LogP contribution in [0, 0.1) is 0 Å². The standard InChI is InChI=1S/C12H13N5O3S/c13-5-10-16-17-12(20-10)21-6-9(18)15-8-4-2-1-3-7(8)11(14)19/h1-4H,5-6,13H2,(H2,14,19)(H,15,18). The van der Waals surface area contributed by atoms with Crippen LogP contribution in [-0.2, 0) is 11.3 Å². The lowest BCUT2D eigenvalue weighted by atomic mass is 10.1. The van der Waals surface area contributed by atoms with E-state index in [4.69, 9.17) is 15.9 Å². The number of carbonyl (C=O) groups is 2. The molecule has 0 atom stereocenters. The Morgan fingerprint density at radius 3 is 2.71 bits per heavy atom. The summed E-state index contributed by atoms with van der Waals surface area (Å²) in [5.74, 6) is -0.569. The second-order valence-electron chi connectivity index (χ2n) is 3.91. The molecule has 1 heterocycles. The third-order valence-electron chi connectivity index (χ3n) is 2.42. The van der Waals surface area contributed by atoms with Gasteiger partial charge in [0, 0.05) is 0 Å². The normalized spacial score (nSPS) is 10.3. The van der Waals surface area contributed by atoms with Gasteiger partial charge in [0.2, 0.25) is 11.8 Å². The van der Waals surface area contributed by atoms with Gasteiger partial charge in [-0.15, -0.1) is 10.2 Å². The summed E-state index contributed by atoms with van der Waals surface area (Å²) in [5, 5.41) is 10.3. The van der Waals surface area contributed by atoms with E-state index < -0.39 is 5.91 Å². The number of primary amides is 1. The van der Waals surface area contributed by atoms with E-state index >= 15 is 0 Å². The molecule has 0 saturated heterocycles. The van der Waals surface area contributed by atoms with Gasteiger partial charge in [-0.25, -0.2) is 0 Å². The number of carbonyl (C=O) groups excluding carboxylic acids is 2. The molecule has 0 aliphatic heterocycles. The van der Waals surface area contributed by atoms with Crippen LogP contribution in [-0.4, -0.2) is 27.8 Å². The molecular weight excluding hydrogens is 294 g/mol. The fourth-order valence-corrected chi connectivity index (χ4v) is 2.08. The Kier molecular flexibility index (Phi) is 4.90. The SMILES string of the molecule is NCc1nnc(SCC(=O)Nc2ccccc2C(N)=O)o1. The first-order valence-electron chi connectivity index (χ1n) is 5.94. The zero-order valence-corrected chi connectivity index (χ0v) is 11.7. The van der Waals surface area contributed by atoms with Crippen LogP contribution in [0.25, 0.3) is 0 Å². The molecule has 2 aromatic rings. The highest BCUT2D eigenvalue weighted by molar-refractivity contribution is 7.99. The molecule has 110 valence electrons. The third kappa shape index (κ3) is 4.04. The van der Waals surface area contributed by atoms with E-state index in [2.05, 4.69) is 15.5 Å². The van der Waals surface area contributed by atoms with Crippen molar-refractivity contribution < 1.29 is 14.0 Å².